The normalized spacial score (nSPS) is 21.4. The van der Waals surface area contributed by atoms with Gasteiger partial charge in [-0.3, -0.25) is 9.59 Å². The lowest BCUT2D eigenvalue weighted by Crippen LogP contribution is -2.39. The van der Waals surface area contributed by atoms with Gasteiger partial charge in [0, 0.05) is 13.6 Å². The standard InChI is InChI=1S/C16H19NO3/c1-17(11-12-7-3-2-4-8-12)15(18)13-9-5-6-10-14(13)16(19)20/h2-8,13-14H,9-11H2,1H3,(H,19,20)/t13-,14+/m1/s1. The van der Waals surface area contributed by atoms with Gasteiger partial charge in [0.15, 0.2) is 0 Å². The van der Waals surface area contributed by atoms with Crippen molar-refractivity contribution in [3.63, 3.8) is 0 Å². The quantitative estimate of drug-likeness (QED) is 0.856. The fourth-order valence-electron chi connectivity index (χ4n) is 2.58. The van der Waals surface area contributed by atoms with Gasteiger partial charge in [-0.15, -0.1) is 0 Å². The van der Waals surface area contributed by atoms with E-state index in [1.807, 2.05) is 42.5 Å². The third-order valence-corrected chi connectivity index (χ3v) is 3.71. The summed E-state index contributed by atoms with van der Waals surface area (Å²) in [6.07, 6.45) is 4.69. The summed E-state index contributed by atoms with van der Waals surface area (Å²) in [5, 5.41) is 9.22. The Labute approximate surface area is 118 Å². The predicted molar refractivity (Wildman–Crippen MR) is 75.9 cm³/mol. The lowest BCUT2D eigenvalue weighted by Gasteiger charge is -2.28. The number of amides is 1. The van der Waals surface area contributed by atoms with Gasteiger partial charge in [-0.1, -0.05) is 42.5 Å². The number of rotatable bonds is 4. The molecular formula is C16H19NO3. The van der Waals surface area contributed by atoms with Crippen molar-refractivity contribution in [3.8, 4) is 0 Å². The van der Waals surface area contributed by atoms with E-state index in [2.05, 4.69) is 0 Å². The summed E-state index contributed by atoms with van der Waals surface area (Å²) in [5.74, 6) is -2.04. The van der Waals surface area contributed by atoms with Crippen LogP contribution in [-0.4, -0.2) is 28.9 Å². The van der Waals surface area contributed by atoms with E-state index in [4.69, 9.17) is 0 Å². The number of carbonyl (C=O) groups is 2. The number of benzene rings is 1. The summed E-state index contributed by atoms with van der Waals surface area (Å²) in [5.41, 5.74) is 1.04. The predicted octanol–water partition coefficient (Wildman–Crippen LogP) is 2.31. The topological polar surface area (TPSA) is 57.6 Å². The maximum absolute atomic E-state index is 12.4. The number of hydrogen-bond acceptors (Lipinski definition) is 2. The second-order valence-electron chi connectivity index (χ2n) is 5.17. The molecule has 106 valence electrons. The van der Waals surface area contributed by atoms with Gasteiger partial charge in [-0.25, -0.2) is 0 Å². The van der Waals surface area contributed by atoms with E-state index >= 15 is 0 Å². The molecule has 1 aliphatic rings. The van der Waals surface area contributed by atoms with E-state index in [1.165, 1.54) is 0 Å². The summed E-state index contributed by atoms with van der Waals surface area (Å²) >= 11 is 0. The SMILES string of the molecule is CN(Cc1ccccc1)C(=O)[C@@H]1CC=CC[C@@H]1C(=O)O. The molecule has 0 spiro atoms. The van der Waals surface area contributed by atoms with Crippen LogP contribution in [0, 0.1) is 11.8 Å². The molecular weight excluding hydrogens is 254 g/mol. The smallest absolute Gasteiger partial charge is 0.307 e. The highest BCUT2D eigenvalue weighted by atomic mass is 16.4. The Hall–Kier alpha value is -2.10. The molecule has 0 heterocycles. The van der Waals surface area contributed by atoms with E-state index in [0.717, 1.165) is 5.56 Å². The van der Waals surface area contributed by atoms with Crippen molar-refractivity contribution in [2.75, 3.05) is 7.05 Å². The Balaban J connectivity index is 2.05. The molecule has 2 atom stereocenters. The van der Waals surface area contributed by atoms with Gasteiger partial charge in [-0.05, 0) is 18.4 Å². The van der Waals surface area contributed by atoms with Crippen LogP contribution < -0.4 is 0 Å². The molecule has 0 radical (unpaired) electrons. The molecule has 1 aliphatic carbocycles. The van der Waals surface area contributed by atoms with Gasteiger partial charge in [0.25, 0.3) is 0 Å². The third-order valence-electron chi connectivity index (χ3n) is 3.71. The van der Waals surface area contributed by atoms with Gasteiger partial charge in [0.2, 0.25) is 5.91 Å². The van der Waals surface area contributed by atoms with Crippen molar-refractivity contribution < 1.29 is 14.7 Å². The van der Waals surface area contributed by atoms with Crippen LogP contribution in [0.2, 0.25) is 0 Å². The molecule has 0 fully saturated rings. The number of hydrogen-bond donors (Lipinski definition) is 1. The molecule has 0 bridgehead atoms. The molecule has 4 heteroatoms. The van der Waals surface area contributed by atoms with Crippen LogP contribution in [0.5, 0.6) is 0 Å². The van der Waals surface area contributed by atoms with Crippen LogP contribution in [0.1, 0.15) is 18.4 Å². The van der Waals surface area contributed by atoms with E-state index in [0.29, 0.717) is 19.4 Å². The van der Waals surface area contributed by atoms with Crippen LogP contribution >= 0.6 is 0 Å². The highest BCUT2D eigenvalue weighted by Gasteiger charge is 2.35. The first-order chi connectivity index (χ1) is 9.59. The second-order valence-corrected chi connectivity index (χ2v) is 5.17. The van der Waals surface area contributed by atoms with Crippen molar-refractivity contribution in [3.05, 3.63) is 48.0 Å². The maximum Gasteiger partial charge on any atom is 0.307 e. The van der Waals surface area contributed by atoms with Crippen LogP contribution in [0.3, 0.4) is 0 Å². The zero-order valence-corrected chi connectivity index (χ0v) is 11.5. The van der Waals surface area contributed by atoms with Gasteiger partial charge >= 0.3 is 5.97 Å². The molecule has 1 aromatic rings. The summed E-state index contributed by atoms with van der Waals surface area (Å²) in [6, 6.07) is 9.70. The summed E-state index contributed by atoms with van der Waals surface area (Å²) in [7, 11) is 1.73. The minimum Gasteiger partial charge on any atom is -0.481 e. The first-order valence-electron chi connectivity index (χ1n) is 6.76. The highest BCUT2D eigenvalue weighted by Crippen LogP contribution is 2.27. The van der Waals surface area contributed by atoms with Gasteiger partial charge < -0.3 is 10.0 Å². The van der Waals surface area contributed by atoms with Gasteiger partial charge in [0.1, 0.15) is 0 Å². The minimum absolute atomic E-state index is 0.0920. The van der Waals surface area contributed by atoms with Gasteiger partial charge in [-0.2, -0.15) is 0 Å². The van der Waals surface area contributed by atoms with Gasteiger partial charge in [0.05, 0.1) is 11.8 Å². The third kappa shape index (κ3) is 3.26. The van der Waals surface area contributed by atoms with Crippen molar-refractivity contribution >= 4 is 11.9 Å². The number of carboxylic acid groups (broad SMARTS) is 1. The Morgan fingerprint density at radius 2 is 1.75 bits per heavy atom. The highest BCUT2D eigenvalue weighted by molar-refractivity contribution is 5.85. The van der Waals surface area contributed by atoms with E-state index in [9.17, 15) is 14.7 Å². The van der Waals surface area contributed by atoms with Crippen LogP contribution in [-0.2, 0) is 16.1 Å². The zero-order chi connectivity index (χ0) is 14.5. The summed E-state index contributed by atoms with van der Waals surface area (Å²) in [6.45, 7) is 0.506. The fraction of sp³-hybridized carbons (Fsp3) is 0.375. The summed E-state index contributed by atoms with van der Waals surface area (Å²) < 4.78 is 0. The van der Waals surface area contributed by atoms with Crippen LogP contribution in [0.15, 0.2) is 42.5 Å². The Bertz CT molecular complexity index is 510. The largest absolute Gasteiger partial charge is 0.481 e. The fourth-order valence-corrected chi connectivity index (χ4v) is 2.58. The molecule has 1 aromatic carbocycles. The molecule has 1 N–H and O–H groups in total. The average molecular weight is 273 g/mol. The monoisotopic (exact) mass is 273 g/mol. The molecule has 0 aliphatic heterocycles. The van der Waals surface area contributed by atoms with Crippen molar-refractivity contribution in [1.29, 1.82) is 0 Å². The number of aliphatic carboxylic acids is 1. The number of allylic oxidation sites excluding steroid dienone is 2. The van der Waals surface area contributed by atoms with Crippen molar-refractivity contribution in [2.24, 2.45) is 11.8 Å². The van der Waals surface area contributed by atoms with E-state index in [1.54, 1.807) is 11.9 Å². The van der Waals surface area contributed by atoms with Crippen LogP contribution in [0.4, 0.5) is 0 Å². The molecule has 20 heavy (non-hydrogen) atoms. The van der Waals surface area contributed by atoms with E-state index in [-0.39, 0.29) is 5.91 Å². The Morgan fingerprint density at radius 3 is 2.35 bits per heavy atom. The number of nitrogens with zero attached hydrogens (tertiary/aromatic N) is 1. The molecule has 0 unspecified atom stereocenters. The average Bonchev–Trinajstić information content (AvgIpc) is 2.47. The summed E-state index contributed by atoms with van der Waals surface area (Å²) in [4.78, 5) is 25.3. The molecule has 0 aromatic heterocycles. The molecule has 0 saturated carbocycles. The van der Waals surface area contributed by atoms with E-state index < -0.39 is 17.8 Å². The zero-order valence-electron chi connectivity index (χ0n) is 11.5. The molecule has 0 saturated heterocycles. The molecule has 1 amide bonds. The van der Waals surface area contributed by atoms with Crippen molar-refractivity contribution in [1.82, 2.24) is 4.90 Å². The first kappa shape index (κ1) is 14.3. The van der Waals surface area contributed by atoms with Crippen molar-refractivity contribution in [2.45, 2.75) is 19.4 Å². The Morgan fingerprint density at radius 1 is 1.15 bits per heavy atom. The second kappa shape index (κ2) is 6.37. The number of carbonyl (C=O) groups excluding carboxylic acids is 1. The molecule has 2 rings (SSSR count). The Kier molecular flexibility index (Phi) is 4.56. The lowest BCUT2D eigenvalue weighted by molar-refractivity contribution is -0.150. The van der Waals surface area contributed by atoms with Crippen LogP contribution in [0.25, 0.3) is 0 Å². The first-order valence-corrected chi connectivity index (χ1v) is 6.76. The lowest BCUT2D eigenvalue weighted by atomic mass is 9.82. The minimum atomic E-state index is -0.888. The number of carboxylic acids is 1. The maximum atomic E-state index is 12.4. The molecule has 4 nitrogen and oxygen atoms in total.